The van der Waals surface area contributed by atoms with Crippen molar-refractivity contribution < 1.29 is 14.7 Å². The van der Waals surface area contributed by atoms with Crippen molar-refractivity contribution in [3.63, 3.8) is 0 Å². The summed E-state index contributed by atoms with van der Waals surface area (Å²) in [4.78, 5) is 26.4. The lowest BCUT2D eigenvalue weighted by molar-refractivity contribution is -0.141. The van der Waals surface area contributed by atoms with E-state index in [0.29, 0.717) is 18.4 Å². The van der Waals surface area contributed by atoms with Gasteiger partial charge in [-0.3, -0.25) is 4.79 Å². The molecule has 0 aliphatic carbocycles. The van der Waals surface area contributed by atoms with E-state index in [1.165, 1.54) is 11.1 Å². The molecule has 1 amide bonds. The number of hydrogen-bond acceptors (Lipinski definition) is 2. The highest BCUT2D eigenvalue weighted by Crippen LogP contribution is 2.39. The highest BCUT2D eigenvalue weighted by atomic mass is 16.4. The quantitative estimate of drug-likeness (QED) is 0.919. The summed E-state index contributed by atoms with van der Waals surface area (Å²) in [5.41, 5.74) is 5.12. The molecular formula is C21H23NO3. The number of aliphatic carboxylic acids is 1. The molecule has 0 aromatic heterocycles. The Kier molecular flexibility index (Phi) is 4.62. The van der Waals surface area contributed by atoms with Crippen molar-refractivity contribution in [2.24, 2.45) is 0 Å². The number of carbonyl (C=O) groups is 2. The lowest BCUT2D eigenvalue weighted by atomic mass is 9.93. The fourth-order valence-electron chi connectivity index (χ4n) is 3.71. The van der Waals surface area contributed by atoms with Gasteiger partial charge in [0.1, 0.15) is 6.04 Å². The Morgan fingerprint density at radius 3 is 2.28 bits per heavy atom. The zero-order valence-corrected chi connectivity index (χ0v) is 14.8. The summed E-state index contributed by atoms with van der Waals surface area (Å²) in [5, 5.41) is 9.62. The molecule has 1 saturated heterocycles. The lowest BCUT2D eigenvalue weighted by Gasteiger charge is -2.30. The van der Waals surface area contributed by atoms with Gasteiger partial charge < -0.3 is 10.0 Å². The zero-order chi connectivity index (χ0) is 18.1. The average molecular weight is 337 g/mol. The minimum Gasteiger partial charge on any atom is -0.480 e. The molecule has 0 unspecified atom stereocenters. The first-order valence-corrected chi connectivity index (χ1v) is 8.59. The molecule has 0 spiro atoms. The number of carbonyl (C=O) groups excluding carboxylic acids is 1. The maximum absolute atomic E-state index is 13.1. The zero-order valence-electron chi connectivity index (χ0n) is 14.8. The van der Waals surface area contributed by atoms with Crippen molar-refractivity contribution in [3.8, 4) is 0 Å². The van der Waals surface area contributed by atoms with Crippen LogP contribution in [-0.2, 0) is 4.79 Å². The van der Waals surface area contributed by atoms with Gasteiger partial charge in [-0.25, -0.2) is 4.79 Å². The van der Waals surface area contributed by atoms with E-state index in [0.717, 1.165) is 11.1 Å². The number of aryl methyl sites for hydroxylation is 1. The standard InChI is InChI=1S/C21H23NO3/c1-13-9-10-17(15(3)14(13)2)18-11-12-19(21(24)25)22(18)20(23)16-7-5-4-6-8-16/h4-10,18-19H,11-12H2,1-3H3,(H,24,25)/t18-,19-/m0/s1. The van der Waals surface area contributed by atoms with Gasteiger partial charge in [0.2, 0.25) is 0 Å². The number of amides is 1. The van der Waals surface area contributed by atoms with Gasteiger partial charge in [0, 0.05) is 5.56 Å². The van der Waals surface area contributed by atoms with Gasteiger partial charge in [-0.2, -0.15) is 0 Å². The molecule has 1 fully saturated rings. The molecule has 1 N–H and O–H groups in total. The normalized spacial score (nSPS) is 19.9. The number of hydrogen-bond donors (Lipinski definition) is 1. The highest BCUT2D eigenvalue weighted by molar-refractivity contribution is 5.97. The maximum Gasteiger partial charge on any atom is 0.326 e. The number of carboxylic acids is 1. The van der Waals surface area contributed by atoms with Crippen LogP contribution >= 0.6 is 0 Å². The summed E-state index contributed by atoms with van der Waals surface area (Å²) in [5.74, 6) is -1.15. The number of benzene rings is 2. The molecule has 3 rings (SSSR count). The van der Waals surface area contributed by atoms with Gasteiger partial charge in [-0.05, 0) is 68.0 Å². The van der Waals surface area contributed by atoms with Crippen molar-refractivity contribution in [1.82, 2.24) is 4.90 Å². The van der Waals surface area contributed by atoms with Crippen LogP contribution in [-0.4, -0.2) is 27.9 Å². The van der Waals surface area contributed by atoms with Crippen LogP contribution in [0.4, 0.5) is 0 Å². The van der Waals surface area contributed by atoms with Crippen LogP contribution < -0.4 is 0 Å². The van der Waals surface area contributed by atoms with Crippen molar-refractivity contribution in [3.05, 3.63) is 70.3 Å². The average Bonchev–Trinajstić information content (AvgIpc) is 3.05. The third-order valence-corrected chi connectivity index (χ3v) is 5.38. The van der Waals surface area contributed by atoms with E-state index in [1.54, 1.807) is 29.2 Å². The molecule has 4 nitrogen and oxygen atoms in total. The second-order valence-corrected chi connectivity index (χ2v) is 6.75. The molecule has 0 radical (unpaired) electrons. The van der Waals surface area contributed by atoms with Crippen LogP contribution in [0.2, 0.25) is 0 Å². The van der Waals surface area contributed by atoms with E-state index in [4.69, 9.17) is 0 Å². The molecule has 0 saturated carbocycles. The minimum absolute atomic E-state index is 0.201. The number of rotatable bonds is 3. The van der Waals surface area contributed by atoms with E-state index < -0.39 is 12.0 Å². The number of likely N-dealkylation sites (tertiary alicyclic amines) is 1. The third kappa shape index (κ3) is 3.04. The molecule has 2 atom stereocenters. The van der Waals surface area contributed by atoms with Crippen LogP contribution in [0.25, 0.3) is 0 Å². The summed E-state index contributed by atoms with van der Waals surface area (Å²) < 4.78 is 0. The minimum atomic E-state index is -0.937. The SMILES string of the molecule is Cc1ccc([C@@H]2CC[C@@H](C(=O)O)N2C(=O)c2ccccc2)c(C)c1C. The van der Waals surface area contributed by atoms with Gasteiger partial charge in [0.15, 0.2) is 0 Å². The molecule has 2 aromatic rings. The Balaban J connectivity index is 2.05. The first-order chi connectivity index (χ1) is 11.9. The molecule has 2 aromatic carbocycles. The van der Waals surface area contributed by atoms with Gasteiger partial charge in [-0.15, -0.1) is 0 Å². The molecule has 130 valence electrons. The Morgan fingerprint density at radius 2 is 1.64 bits per heavy atom. The Hall–Kier alpha value is -2.62. The second-order valence-electron chi connectivity index (χ2n) is 6.75. The largest absolute Gasteiger partial charge is 0.480 e. The van der Waals surface area contributed by atoms with Crippen LogP contribution in [0.5, 0.6) is 0 Å². The van der Waals surface area contributed by atoms with Crippen molar-refractivity contribution in [2.45, 2.75) is 45.7 Å². The molecule has 25 heavy (non-hydrogen) atoms. The van der Waals surface area contributed by atoms with E-state index >= 15 is 0 Å². The third-order valence-electron chi connectivity index (χ3n) is 5.38. The predicted molar refractivity (Wildman–Crippen MR) is 96.7 cm³/mol. The molecule has 0 bridgehead atoms. The second kappa shape index (κ2) is 6.71. The Bertz CT molecular complexity index is 813. The fourth-order valence-corrected chi connectivity index (χ4v) is 3.71. The predicted octanol–water partition coefficient (Wildman–Crippen LogP) is 4.04. The summed E-state index contributed by atoms with van der Waals surface area (Å²) >= 11 is 0. The van der Waals surface area contributed by atoms with Crippen LogP contribution in [0, 0.1) is 20.8 Å². The Morgan fingerprint density at radius 1 is 0.960 bits per heavy atom. The molecule has 4 heteroatoms. The van der Waals surface area contributed by atoms with Gasteiger partial charge >= 0.3 is 5.97 Å². The lowest BCUT2D eigenvalue weighted by Crippen LogP contribution is -2.42. The molecule has 1 aliphatic rings. The van der Waals surface area contributed by atoms with E-state index in [1.807, 2.05) is 12.1 Å². The molecule has 1 heterocycles. The summed E-state index contributed by atoms with van der Waals surface area (Å²) in [6.45, 7) is 6.19. The Labute approximate surface area is 148 Å². The number of nitrogens with zero attached hydrogens (tertiary/aromatic N) is 1. The monoisotopic (exact) mass is 337 g/mol. The van der Waals surface area contributed by atoms with Gasteiger partial charge in [0.25, 0.3) is 5.91 Å². The van der Waals surface area contributed by atoms with Crippen LogP contribution in [0.1, 0.15) is 51.5 Å². The summed E-state index contributed by atoms with van der Waals surface area (Å²) in [6.07, 6.45) is 1.14. The topological polar surface area (TPSA) is 57.6 Å². The molecule has 1 aliphatic heterocycles. The maximum atomic E-state index is 13.1. The van der Waals surface area contributed by atoms with Crippen molar-refractivity contribution in [2.75, 3.05) is 0 Å². The fraction of sp³-hybridized carbons (Fsp3) is 0.333. The van der Waals surface area contributed by atoms with Gasteiger partial charge in [-0.1, -0.05) is 30.3 Å². The van der Waals surface area contributed by atoms with Crippen LogP contribution in [0.3, 0.4) is 0 Å². The van der Waals surface area contributed by atoms with E-state index in [2.05, 4.69) is 26.8 Å². The first kappa shape index (κ1) is 17.2. The van der Waals surface area contributed by atoms with E-state index in [-0.39, 0.29) is 11.9 Å². The first-order valence-electron chi connectivity index (χ1n) is 8.59. The summed E-state index contributed by atoms with van der Waals surface area (Å²) in [6, 6.07) is 12.0. The molecular weight excluding hydrogens is 314 g/mol. The smallest absolute Gasteiger partial charge is 0.326 e. The highest BCUT2D eigenvalue weighted by Gasteiger charge is 2.42. The van der Waals surface area contributed by atoms with Crippen molar-refractivity contribution >= 4 is 11.9 Å². The van der Waals surface area contributed by atoms with Crippen LogP contribution in [0.15, 0.2) is 42.5 Å². The number of carboxylic acid groups (broad SMARTS) is 1. The summed E-state index contributed by atoms with van der Waals surface area (Å²) in [7, 11) is 0. The van der Waals surface area contributed by atoms with Gasteiger partial charge in [0.05, 0.1) is 6.04 Å². The van der Waals surface area contributed by atoms with E-state index in [9.17, 15) is 14.7 Å². The van der Waals surface area contributed by atoms with Crippen molar-refractivity contribution in [1.29, 1.82) is 0 Å².